The van der Waals surface area contributed by atoms with Crippen LogP contribution in [0.4, 0.5) is 5.69 Å². The van der Waals surface area contributed by atoms with E-state index >= 15 is 0 Å². The summed E-state index contributed by atoms with van der Waals surface area (Å²) in [4.78, 5) is 10.6. The normalized spacial score (nSPS) is 10.6. The summed E-state index contributed by atoms with van der Waals surface area (Å²) in [5.41, 5.74) is 4.14. The van der Waals surface area contributed by atoms with E-state index in [1.165, 1.54) is 18.7 Å². The van der Waals surface area contributed by atoms with Gasteiger partial charge in [0.15, 0.2) is 5.75 Å². The van der Waals surface area contributed by atoms with Crippen molar-refractivity contribution < 1.29 is 9.66 Å². The predicted molar refractivity (Wildman–Crippen MR) is 106 cm³/mol. The molecule has 2 aromatic rings. The number of hydrogen-bond acceptors (Lipinski definition) is 3. The van der Waals surface area contributed by atoms with Crippen LogP contribution < -0.4 is 4.74 Å². The van der Waals surface area contributed by atoms with E-state index in [2.05, 4.69) is 25.1 Å². The molecular weight excluding hydrogens is 314 g/mol. The third-order valence-electron chi connectivity index (χ3n) is 3.52. The molecule has 132 valence electrons. The first-order chi connectivity index (χ1) is 12.0. The fourth-order valence-corrected chi connectivity index (χ4v) is 2.27. The van der Waals surface area contributed by atoms with Gasteiger partial charge in [-0.05, 0) is 48.2 Å². The molecule has 0 aromatic heterocycles. The van der Waals surface area contributed by atoms with Crippen LogP contribution in [0.2, 0.25) is 0 Å². The number of allylic oxidation sites excluding steroid dienone is 1. The summed E-state index contributed by atoms with van der Waals surface area (Å²) in [7, 11) is 1.42. The molecule has 0 fully saturated rings. The Morgan fingerprint density at radius 3 is 2.16 bits per heavy atom. The summed E-state index contributed by atoms with van der Waals surface area (Å²) in [5, 5.41) is 11.1. The van der Waals surface area contributed by atoms with Gasteiger partial charge in [0.2, 0.25) is 0 Å². The van der Waals surface area contributed by atoms with Gasteiger partial charge >= 0.3 is 5.69 Å². The van der Waals surface area contributed by atoms with Gasteiger partial charge in [0, 0.05) is 6.07 Å². The van der Waals surface area contributed by atoms with Crippen LogP contribution in [0.25, 0.3) is 18.2 Å². The first kappa shape index (κ1) is 20.2. The fourth-order valence-electron chi connectivity index (χ4n) is 2.27. The van der Waals surface area contributed by atoms with E-state index in [9.17, 15) is 10.1 Å². The minimum absolute atomic E-state index is 0.0341. The van der Waals surface area contributed by atoms with Gasteiger partial charge in [0.1, 0.15) is 0 Å². The van der Waals surface area contributed by atoms with Gasteiger partial charge in [0.05, 0.1) is 12.0 Å². The SMILES string of the molecule is C/C=C\c1cc(/C=C\c2ccc(OC)c([N+](=O)[O-])c2)ccc1C.CC. The Morgan fingerprint density at radius 1 is 1.00 bits per heavy atom. The van der Waals surface area contributed by atoms with E-state index in [1.807, 2.05) is 45.1 Å². The highest BCUT2D eigenvalue weighted by Gasteiger charge is 2.14. The van der Waals surface area contributed by atoms with Gasteiger partial charge in [-0.3, -0.25) is 10.1 Å². The Labute approximate surface area is 149 Å². The van der Waals surface area contributed by atoms with Crippen LogP contribution in [-0.2, 0) is 0 Å². The average Bonchev–Trinajstić information content (AvgIpc) is 2.64. The molecule has 0 spiro atoms. The lowest BCUT2D eigenvalue weighted by Gasteiger charge is -2.03. The molecule has 0 heterocycles. The molecule has 4 heteroatoms. The number of aryl methyl sites for hydroxylation is 1. The molecule has 0 bridgehead atoms. The van der Waals surface area contributed by atoms with Crippen molar-refractivity contribution in [3.63, 3.8) is 0 Å². The van der Waals surface area contributed by atoms with Crippen LogP contribution in [0.1, 0.15) is 43.0 Å². The van der Waals surface area contributed by atoms with Crippen LogP contribution in [0, 0.1) is 17.0 Å². The highest BCUT2D eigenvalue weighted by atomic mass is 16.6. The van der Waals surface area contributed by atoms with Gasteiger partial charge in [0.25, 0.3) is 0 Å². The summed E-state index contributed by atoms with van der Waals surface area (Å²) in [6, 6.07) is 11.1. The lowest BCUT2D eigenvalue weighted by atomic mass is 10.0. The topological polar surface area (TPSA) is 52.4 Å². The number of nitro groups is 1. The number of methoxy groups -OCH3 is 1. The molecule has 0 saturated carbocycles. The van der Waals surface area contributed by atoms with Gasteiger partial charge in [-0.25, -0.2) is 0 Å². The summed E-state index contributed by atoms with van der Waals surface area (Å²) in [6.07, 6.45) is 7.86. The van der Waals surface area contributed by atoms with E-state index in [4.69, 9.17) is 4.74 Å². The largest absolute Gasteiger partial charge is 0.490 e. The first-order valence-corrected chi connectivity index (χ1v) is 8.29. The predicted octanol–water partition coefficient (Wildman–Crippen LogP) is 6.14. The maximum absolute atomic E-state index is 11.1. The molecular formula is C21H25NO3. The smallest absolute Gasteiger partial charge is 0.311 e. The molecule has 0 radical (unpaired) electrons. The zero-order valence-electron chi connectivity index (χ0n) is 15.4. The Balaban J connectivity index is 0.00000151. The number of ether oxygens (including phenoxy) is 1. The van der Waals surface area contributed by atoms with E-state index in [0.29, 0.717) is 0 Å². The van der Waals surface area contributed by atoms with Crippen molar-refractivity contribution in [3.05, 3.63) is 74.8 Å². The average molecular weight is 339 g/mol. The molecule has 0 N–H and O–H groups in total. The van der Waals surface area contributed by atoms with Gasteiger partial charge in [-0.15, -0.1) is 0 Å². The third kappa shape index (κ3) is 5.60. The Bertz CT molecular complexity index is 777. The molecule has 0 saturated heterocycles. The summed E-state index contributed by atoms with van der Waals surface area (Å²) in [5.74, 6) is 0.262. The minimum Gasteiger partial charge on any atom is -0.490 e. The van der Waals surface area contributed by atoms with E-state index < -0.39 is 4.92 Å². The van der Waals surface area contributed by atoms with Gasteiger partial charge < -0.3 is 4.74 Å². The molecule has 2 rings (SSSR count). The Morgan fingerprint density at radius 2 is 1.60 bits per heavy atom. The van der Waals surface area contributed by atoms with Crippen molar-refractivity contribution in [2.75, 3.05) is 7.11 Å². The number of nitrogens with zero attached hydrogens (tertiary/aromatic N) is 1. The van der Waals surface area contributed by atoms with Gasteiger partial charge in [-0.1, -0.05) is 56.4 Å². The zero-order valence-corrected chi connectivity index (χ0v) is 15.4. The highest BCUT2D eigenvalue weighted by Crippen LogP contribution is 2.28. The summed E-state index contributed by atoms with van der Waals surface area (Å²) in [6.45, 7) is 8.05. The second-order valence-corrected chi connectivity index (χ2v) is 5.14. The highest BCUT2D eigenvalue weighted by molar-refractivity contribution is 5.73. The molecule has 0 aliphatic heterocycles. The van der Waals surface area contributed by atoms with Crippen molar-refractivity contribution in [2.24, 2.45) is 0 Å². The lowest BCUT2D eigenvalue weighted by molar-refractivity contribution is -0.385. The van der Waals surface area contributed by atoms with Crippen LogP contribution in [-0.4, -0.2) is 12.0 Å². The van der Waals surface area contributed by atoms with E-state index in [1.54, 1.807) is 12.1 Å². The molecule has 2 aromatic carbocycles. The number of rotatable bonds is 5. The van der Waals surface area contributed by atoms with E-state index in [-0.39, 0.29) is 11.4 Å². The molecule has 0 amide bonds. The quantitative estimate of drug-likeness (QED) is 0.373. The lowest BCUT2D eigenvalue weighted by Crippen LogP contribution is -1.93. The fraction of sp³-hybridized carbons (Fsp3) is 0.238. The standard InChI is InChI=1S/C19H19NO3.C2H6/c1-4-5-17-12-15(7-6-14(17)2)8-9-16-10-11-19(23-3)18(13-16)20(21)22;1-2/h4-13H,1-3H3;1-2H3/b5-4-,9-8-;. The van der Waals surface area contributed by atoms with Crippen molar-refractivity contribution in [1.82, 2.24) is 0 Å². The second kappa shape index (κ2) is 10.1. The van der Waals surface area contributed by atoms with Crippen LogP contribution in [0.3, 0.4) is 0 Å². The summed E-state index contributed by atoms with van der Waals surface area (Å²) >= 11 is 0. The van der Waals surface area contributed by atoms with Crippen LogP contribution >= 0.6 is 0 Å². The third-order valence-corrected chi connectivity index (χ3v) is 3.52. The van der Waals surface area contributed by atoms with Crippen molar-refractivity contribution in [1.29, 1.82) is 0 Å². The monoisotopic (exact) mass is 339 g/mol. The molecule has 0 aliphatic rings. The maximum atomic E-state index is 11.1. The molecule has 0 unspecified atom stereocenters. The van der Waals surface area contributed by atoms with Crippen LogP contribution in [0.15, 0.2) is 42.5 Å². The Hall–Kier alpha value is -2.88. The number of nitro benzene ring substituents is 1. The second-order valence-electron chi connectivity index (χ2n) is 5.14. The van der Waals surface area contributed by atoms with Crippen LogP contribution in [0.5, 0.6) is 5.75 Å². The molecule has 0 aliphatic carbocycles. The molecule has 4 nitrogen and oxygen atoms in total. The van der Waals surface area contributed by atoms with E-state index in [0.717, 1.165) is 16.7 Å². The van der Waals surface area contributed by atoms with Crippen molar-refractivity contribution >= 4 is 23.9 Å². The minimum atomic E-state index is -0.438. The zero-order chi connectivity index (χ0) is 18.8. The molecule has 0 atom stereocenters. The van der Waals surface area contributed by atoms with Crippen molar-refractivity contribution in [3.8, 4) is 5.75 Å². The Kier molecular flexibility index (Phi) is 8.13. The number of hydrogen-bond donors (Lipinski definition) is 0. The molecule has 25 heavy (non-hydrogen) atoms. The van der Waals surface area contributed by atoms with Gasteiger partial charge in [-0.2, -0.15) is 0 Å². The first-order valence-electron chi connectivity index (χ1n) is 8.29. The maximum Gasteiger partial charge on any atom is 0.311 e. The number of benzene rings is 2. The summed E-state index contributed by atoms with van der Waals surface area (Å²) < 4.78 is 5.01. The van der Waals surface area contributed by atoms with Crippen molar-refractivity contribution in [2.45, 2.75) is 27.7 Å².